The zero-order chi connectivity index (χ0) is 13.7. The van der Waals surface area contributed by atoms with Crippen LogP contribution in [0.3, 0.4) is 0 Å². The number of nitrogens with zero attached hydrogens (tertiary/aromatic N) is 1. The van der Waals surface area contributed by atoms with Gasteiger partial charge in [0.1, 0.15) is 0 Å². The van der Waals surface area contributed by atoms with Gasteiger partial charge < -0.3 is 5.32 Å². The number of rotatable bonds is 5. The summed E-state index contributed by atoms with van der Waals surface area (Å²) in [6.07, 6.45) is 2.51. The molecule has 0 saturated carbocycles. The predicted molar refractivity (Wildman–Crippen MR) is 82.3 cm³/mol. The molecule has 2 rings (SSSR count). The van der Waals surface area contributed by atoms with E-state index in [0.717, 1.165) is 31.3 Å². The third-order valence-corrected chi connectivity index (χ3v) is 4.04. The first kappa shape index (κ1) is 14.5. The first-order chi connectivity index (χ1) is 9.17. The molecule has 1 saturated heterocycles. The van der Waals surface area contributed by atoms with Crippen molar-refractivity contribution in [2.75, 3.05) is 26.7 Å². The molecule has 1 aliphatic heterocycles. The lowest BCUT2D eigenvalue weighted by Crippen LogP contribution is -2.38. The number of nitrogens with one attached hydrogen (secondary N) is 1. The molecule has 106 valence electrons. The van der Waals surface area contributed by atoms with Gasteiger partial charge >= 0.3 is 0 Å². The molecule has 1 aromatic carbocycles. The Bertz CT molecular complexity index is 361. The lowest BCUT2D eigenvalue weighted by atomic mass is 9.91. The zero-order valence-electron chi connectivity index (χ0n) is 12.7. The summed E-state index contributed by atoms with van der Waals surface area (Å²) in [4.78, 5) is 2.61. The highest BCUT2D eigenvalue weighted by atomic mass is 15.1. The average Bonchev–Trinajstić information content (AvgIpc) is 2.37. The molecule has 2 heteroatoms. The van der Waals surface area contributed by atoms with Crippen LogP contribution < -0.4 is 5.32 Å². The van der Waals surface area contributed by atoms with Crippen LogP contribution in [0.15, 0.2) is 24.3 Å². The Balaban J connectivity index is 1.88. The van der Waals surface area contributed by atoms with Crippen LogP contribution in [-0.2, 0) is 13.0 Å². The van der Waals surface area contributed by atoms with E-state index in [1.165, 1.54) is 30.6 Å². The molecular weight excluding hydrogens is 232 g/mol. The van der Waals surface area contributed by atoms with Gasteiger partial charge in [-0.25, -0.2) is 0 Å². The first-order valence-electron chi connectivity index (χ1n) is 7.62. The summed E-state index contributed by atoms with van der Waals surface area (Å²) in [5, 5.41) is 3.20. The van der Waals surface area contributed by atoms with Gasteiger partial charge in [0.15, 0.2) is 0 Å². The second kappa shape index (κ2) is 7.06. The van der Waals surface area contributed by atoms with Gasteiger partial charge in [-0.3, -0.25) is 4.90 Å². The highest BCUT2D eigenvalue weighted by Crippen LogP contribution is 2.22. The normalized spacial score (nSPS) is 24.6. The summed E-state index contributed by atoms with van der Waals surface area (Å²) < 4.78 is 0. The highest BCUT2D eigenvalue weighted by molar-refractivity contribution is 5.22. The average molecular weight is 260 g/mol. The molecular formula is C17H28N2. The second-order valence-corrected chi connectivity index (χ2v) is 6.31. The van der Waals surface area contributed by atoms with E-state index in [1.54, 1.807) is 0 Å². The molecule has 1 heterocycles. The van der Waals surface area contributed by atoms with Gasteiger partial charge in [-0.15, -0.1) is 0 Å². The quantitative estimate of drug-likeness (QED) is 0.875. The maximum Gasteiger partial charge on any atom is 0.0233 e. The Labute approximate surface area is 118 Å². The van der Waals surface area contributed by atoms with Crippen LogP contribution in [0.1, 0.15) is 31.4 Å². The van der Waals surface area contributed by atoms with Crippen molar-refractivity contribution in [3.63, 3.8) is 0 Å². The van der Waals surface area contributed by atoms with E-state index in [0.29, 0.717) is 0 Å². The Hall–Kier alpha value is -0.860. The molecule has 2 nitrogen and oxygen atoms in total. The molecule has 0 aliphatic carbocycles. The van der Waals surface area contributed by atoms with Crippen LogP contribution in [0.25, 0.3) is 0 Å². The maximum absolute atomic E-state index is 3.20. The molecule has 19 heavy (non-hydrogen) atoms. The minimum atomic E-state index is 0.846. The SMILES string of the molecule is CNCCc1ccc(CN2CC(C)CC(C)C2)cc1. The van der Waals surface area contributed by atoms with Crippen molar-refractivity contribution < 1.29 is 0 Å². The predicted octanol–water partition coefficient (Wildman–Crippen LogP) is 2.93. The lowest BCUT2D eigenvalue weighted by Gasteiger charge is -2.35. The van der Waals surface area contributed by atoms with Crippen LogP contribution in [-0.4, -0.2) is 31.6 Å². The summed E-state index contributed by atoms with van der Waals surface area (Å²) in [6.45, 7) is 9.44. The fourth-order valence-electron chi connectivity index (χ4n) is 3.26. The van der Waals surface area contributed by atoms with Crippen molar-refractivity contribution in [2.45, 2.75) is 33.2 Å². The smallest absolute Gasteiger partial charge is 0.0233 e. The van der Waals surface area contributed by atoms with E-state index in [1.807, 2.05) is 7.05 Å². The van der Waals surface area contributed by atoms with E-state index in [-0.39, 0.29) is 0 Å². The van der Waals surface area contributed by atoms with Crippen molar-refractivity contribution in [1.29, 1.82) is 0 Å². The number of likely N-dealkylation sites (N-methyl/N-ethyl adjacent to an activating group) is 1. The van der Waals surface area contributed by atoms with Crippen molar-refractivity contribution in [3.8, 4) is 0 Å². The van der Waals surface area contributed by atoms with Gasteiger partial charge in [-0.1, -0.05) is 38.1 Å². The van der Waals surface area contributed by atoms with E-state index in [9.17, 15) is 0 Å². The molecule has 0 spiro atoms. The minimum Gasteiger partial charge on any atom is -0.319 e. The summed E-state index contributed by atoms with van der Waals surface area (Å²) >= 11 is 0. The van der Waals surface area contributed by atoms with Crippen LogP contribution >= 0.6 is 0 Å². The molecule has 2 atom stereocenters. The van der Waals surface area contributed by atoms with Crippen molar-refractivity contribution >= 4 is 0 Å². The minimum absolute atomic E-state index is 0.846. The number of likely N-dealkylation sites (tertiary alicyclic amines) is 1. The summed E-state index contributed by atoms with van der Waals surface area (Å²) in [5.74, 6) is 1.69. The topological polar surface area (TPSA) is 15.3 Å². The van der Waals surface area contributed by atoms with Crippen LogP contribution in [0.2, 0.25) is 0 Å². The van der Waals surface area contributed by atoms with Gasteiger partial charge in [0.05, 0.1) is 0 Å². The standard InChI is InChI=1S/C17H28N2/c1-14-10-15(2)12-19(11-14)13-17-6-4-16(5-7-17)8-9-18-3/h4-7,14-15,18H,8-13H2,1-3H3. The molecule has 2 unspecified atom stereocenters. The monoisotopic (exact) mass is 260 g/mol. The molecule has 0 radical (unpaired) electrons. The Morgan fingerprint density at radius 1 is 1.05 bits per heavy atom. The molecule has 1 aliphatic rings. The Morgan fingerprint density at radius 2 is 1.63 bits per heavy atom. The summed E-state index contributed by atoms with van der Waals surface area (Å²) in [7, 11) is 2.01. The Morgan fingerprint density at radius 3 is 2.21 bits per heavy atom. The first-order valence-corrected chi connectivity index (χ1v) is 7.62. The van der Waals surface area contributed by atoms with Crippen LogP contribution in [0.4, 0.5) is 0 Å². The molecule has 1 N–H and O–H groups in total. The third kappa shape index (κ3) is 4.63. The molecule has 1 fully saturated rings. The number of hydrogen-bond acceptors (Lipinski definition) is 2. The highest BCUT2D eigenvalue weighted by Gasteiger charge is 2.21. The molecule has 1 aromatic rings. The lowest BCUT2D eigenvalue weighted by molar-refractivity contribution is 0.134. The van der Waals surface area contributed by atoms with Crippen molar-refractivity contribution in [3.05, 3.63) is 35.4 Å². The van der Waals surface area contributed by atoms with Gasteiger partial charge in [0.25, 0.3) is 0 Å². The second-order valence-electron chi connectivity index (χ2n) is 6.31. The fraction of sp³-hybridized carbons (Fsp3) is 0.647. The van der Waals surface area contributed by atoms with Crippen molar-refractivity contribution in [2.24, 2.45) is 11.8 Å². The maximum atomic E-state index is 3.20. The van der Waals surface area contributed by atoms with Gasteiger partial charge in [0.2, 0.25) is 0 Å². The summed E-state index contributed by atoms with van der Waals surface area (Å²) in [5.41, 5.74) is 2.88. The van der Waals surface area contributed by atoms with Gasteiger partial charge in [0, 0.05) is 19.6 Å². The fourth-order valence-corrected chi connectivity index (χ4v) is 3.26. The van der Waals surface area contributed by atoms with Gasteiger partial charge in [-0.2, -0.15) is 0 Å². The van der Waals surface area contributed by atoms with E-state index in [2.05, 4.69) is 48.3 Å². The Kier molecular flexibility index (Phi) is 5.41. The molecule has 0 aromatic heterocycles. The largest absolute Gasteiger partial charge is 0.319 e. The van der Waals surface area contributed by atoms with E-state index < -0.39 is 0 Å². The number of hydrogen-bond donors (Lipinski definition) is 1. The number of piperidine rings is 1. The molecule has 0 amide bonds. The number of benzene rings is 1. The summed E-state index contributed by atoms with van der Waals surface area (Å²) in [6, 6.07) is 9.16. The zero-order valence-corrected chi connectivity index (χ0v) is 12.7. The molecule has 0 bridgehead atoms. The van der Waals surface area contributed by atoms with E-state index in [4.69, 9.17) is 0 Å². The van der Waals surface area contributed by atoms with Crippen molar-refractivity contribution in [1.82, 2.24) is 10.2 Å². The van der Waals surface area contributed by atoms with Crippen LogP contribution in [0, 0.1) is 11.8 Å². The van der Waals surface area contributed by atoms with E-state index >= 15 is 0 Å². The third-order valence-electron chi connectivity index (χ3n) is 4.04. The van der Waals surface area contributed by atoms with Gasteiger partial charge in [-0.05, 0) is 49.4 Å². The van der Waals surface area contributed by atoms with Crippen LogP contribution in [0.5, 0.6) is 0 Å².